The average Bonchev–Trinajstić information content (AvgIpc) is 2.15. The van der Waals surface area contributed by atoms with E-state index < -0.39 is 0 Å². The van der Waals surface area contributed by atoms with E-state index in [2.05, 4.69) is 19.2 Å². The van der Waals surface area contributed by atoms with Gasteiger partial charge in [0.15, 0.2) is 5.78 Å². The fraction of sp³-hybridized carbons (Fsp3) is 0.875. The Morgan fingerprint density at radius 2 is 2.09 bits per heavy atom. The third-order valence-corrected chi connectivity index (χ3v) is 2.58. The van der Waals surface area contributed by atoms with Crippen molar-refractivity contribution in [2.75, 3.05) is 6.54 Å². The van der Waals surface area contributed by atoms with Gasteiger partial charge in [-0.15, -0.1) is 12.4 Å². The number of hydrogen-bond donors (Lipinski definition) is 1. The zero-order valence-corrected chi connectivity index (χ0v) is 8.12. The second kappa shape index (κ2) is 3.55. The molecule has 0 aromatic heterocycles. The molecule has 1 aliphatic heterocycles. The molecule has 0 saturated carbocycles. The minimum atomic E-state index is -0.236. The van der Waals surface area contributed by atoms with Gasteiger partial charge in [-0.25, -0.2) is 0 Å². The Morgan fingerprint density at radius 3 is 2.27 bits per heavy atom. The van der Waals surface area contributed by atoms with Crippen molar-refractivity contribution in [2.24, 2.45) is 5.92 Å². The van der Waals surface area contributed by atoms with E-state index in [0.717, 1.165) is 6.54 Å². The minimum absolute atomic E-state index is 0. The van der Waals surface area contributed by atoms with Gasteiger partial charge in [-0.3, -0.25) is 4.79 Å². The molecule has 1 heterocycles. The van der Waals surface area contributed by atoms with Crippen LogP contribution in [0.15, 0.2) is 0 Å². The summed E-state index contributed by atoms with van der Waals surface area (Å²) in [5.41, 5.74) is -0.236. The maximum Gasteiger partial charge on any atom is 0.154 e. The van der Waals surface area contributed by atoms with Gasteiger partial charge in [0.1, 0.15) is 0 Å². The number of halogens is 1. The first kappa shape index (κ1) is 10.9. The summed E-state index contributed by atoms with van der Waals surface area (Å²) in [6.45, 7) is 7.01. The van der Waals surface area contributed by atoms with Gasteiger partial charge in [0, 0.05) is 13.0 Å². The number of carbonyl (C=O) groups excluding carboxylic acids is 1. The van der Waals surface area contributed by atoms with E-state index in [-0.39, 0.29) is 17.9 Å². The van der Waals surface area contributed by atoms with Crippen LogP contribution in [0.3, 0.4) is 0 Å². The van der Waals surface area contributed by atoms with Gasteiger partial charge in [0.25, 0.3) is 0 Å². The number of hydrogen-bond acceptors (Lipinski definition) is 2. The predicted octanol–water partition coefficient (Wildman–Crippen LogP) is 1.39. The van der Waals surface area contributed by atoms with Crippen LogP contribution in [0.5, 0.6) is 0 Å². The summed E-state index contributed by atoms with van der Waals surface area (Å²) in [7, 11) is 0. The molecule has 0 aromatic rings. The highest BCUT2D eigenvalue weighted by atomic mass is 35.5. The Bertz CT molecular complexity index is 158. The van der Waals surface area contributed by atoms with Gasteiger partial charge in [0.2, 0.25) is 0 Å². The zero-order chi connectivity index (χ0) is 7.78. The van der Waals surface area contributed by atoms with E-state index >= 15 is 0 Å². The second-order valence-corrected chi connectivity index (χ2v) is 3.46. The summed E-state index contributed by atoms with van der Waals surface area (Å²) in [5, 5.41) is 3.23. The van der Waals surface area contributed by atoms with E-state index in [1.807, 2.05) is 6.92 Å². The first-order valence-corrected chi connectivity index (χ1v) is 3.85. The molecule has 0 spiro atoms. The van der Waals surface area contributed by atoms with Gasteiger partial charge < -0.3 is 5.32 Å². The Morgan fingerprint density at radius 1 is 1.55 bits per heavy atom. The van der Waals surface area contributed by atoms with Crippen LogP contribution in [0.25, 0.3) is 0 Å². The molecule has 1 aliphatic rings. The lowest BCUT2D eigenvalue weighted by Gasteiger charge is -2.26. The third-order valence-electron chi connectivity index (χ3n) is 2.58. The molecule has 1 fully saturated rings. The lowest BCUT2D eigenvalue weighted by molar-refractivity contribution is -0.123. The molecule has 1 rings (SSSR count). The molecule has 0 bridgehead atoms. The topological polar surface area (TPSA) is 29.1 Å². The van der Waals surface area contributed by atoms with E-state index in [0.29, 0.717) is 18.1 Å². The molecular formula is C8H16ClNO. The van der Waals surface area contributed by atoms with Gasteiger partial charge >= 0.3 is 0 Å². The number of carbonyl (C=O) groups is 1. The summed E-state index contributed by atoms with van der Waals surface area (Å²) in [5.74, 6) is 0.769. The van der Waals surface area contributed by atoms with Crippen molar-refractivity contribution in [3.8, 4) is 0 Å². The van der Waals surface area contributed by atoms with Gasteiger partial charge in [-0.2, -0.15) is 0 Å². The number of rotatable bonds is 1. The molecular weight excluding hydrogens is 162 g/mol. The van der Waals surface area contributed by atoms with Crippen molar-refractivity contribution in [1.82, 2.24) is 5.32 Å². The monoisotopic (exact) mass is 177 g/mol. The van der Waals surface area contributed by atoms with E-state index in [4.69, 9.17) is 0 Å². The highest BCUT2D eigenvalue weighted by Gasteiger charge is 2.39. The normalized spacial score (nSPS) is 30.7. The van der Waals surface area contributed by atoms with E-state index in [1.165, 1.54) is 0 Å². The van der Waals surface area contributed by atoms with Crippen LogP contribution in [0.4, 0.5) is 0 Å². The average molecular weight is 178 g/mol. The number of ketones is 1. The molecule has 1 unspecified atom stereocenters. The van der Waals surface area contributed by atoms with Crippen molar-refractivity contribution in [1.29, 1.82) is 0 Å². The zero-order valence-electron chi connectivity index (χ0n) is 7.31. The summed E-state index contributed by atoms with van der Waals surface area (Å²) >= 11 is 0. The minimum Gasteiger partial charge on any atom is -0.305 e. The maximum absolute atomic E-state index is 11.3. The summed E-state index contributed by atoms with van der Waals surface area (Å²) < 4.78 is 0. The first-order valence-electron chi connectivity index (χ1n) is 3.85. The van der Waals surface area contributed by atoms with Crippen LogP contribution in [0.2, 0.25) is 0 Å². The van der Waals surface area contributed by atoms with Gasteiger partial charge in [-0.05, 0) is 12.8 Å². The quantitative estimate of drug-likeness (QED) is 0.656. The Labute approximate surface area is 74.2 Å². The standard InChI is InChI=1S/C8H15NO.ClH/c1-6(2)8(3)7(10)4-5-9-8;/h6,9H,4-5H2,1-3H3;1H. The van der Waals surface area contributed by atoms with Gasteiger partial charge in [-0.1, -0.05) is 13.8 Å². The van der Waals surface area contributed by atoms with Crippen molar-refractivity contribution < 1.29 is 4.79 Å². The van der Waals surface area contributed by atoms with Crippen LogP contribution in [-0.2, 0) is 4.79 Å². The van der Waals surface area contributed by atoms with Crippen LogP contribution in [0.1, 0.15) is 27.2 Å². The fourth-order valence-corrected chi connectivity index (χ4v) is 1.32. The molecule has 1 N–H and O–H groups in total. The molecule has 0 aromatic carbocycles. The van der Waals surface area contributed by atoms with Crippen molar-refractivity contribution in [3.63, 3.8) is 0 Å². The van der Waals surface area contributed by atoms with Crippen molar-refractivity contribution >= 4 is 18.2 Å². The Balaban J connectivity index is 0.000001000. The smallest absolute Gasteiger partial charge is 0.154 e. The maximum atomic E-state index is 11.3. The molecule has 2 nitrogen and oxygen atoms in total. The lowest BCUT2D eigenvalue weighted by Crippen LogP contribution is -2.46. The first-order chi connectivity index (χ1) is 4.57. The van der Waals surface area contributed by atoms with E-state index in [1.54, 1.807) is 0 Å². The van der Waals surface area contributed by atoms with Crippen molar-refractivity contribution in [3.05, 3.63) is 0 Å². The van der Waals surface area contributed by atoms with Crippen molar-refractivity contribution in [2.45, 2.75) is 32.7 Å². The molecule has 0 aliphatic carbocycles. The Hall–Kier alpha value is -0.0800. The highest BCUT2D eigenvalue weighted by Crippen LogP contribution is 2.22. The fourth-order valence-electron chi connectivity index (χ4n) is 1.32. The van der Waals surface area contributed by atoms with Gasteiger partial charge in [0.05, 0.1) is 5.54 Å². The molecule has 66 valence electrons. The molecule has 11 heavy (non-hydrogen) atoms. The van der Waals surface area contributed by atoms with Crippen LogP contribution in [0, 0.1) is 5.92 Å². The largest absolute Gasteiger partial charge is 0.305 e. The second-order valence-electron chi connectivity index (χ2n) is 3.46. The van der Waals surface area contributed by atoms with Crippen LogP contribution < -0.4 is 5.32 Å². The predicted molar refractivity (Wildman–Crippen MR) is 48.1 cm³/mol. The highest BCUT2D eigenvalue weighted by molar-refractivity contribution is 5.90. The SMILES string of the molecule is CC(C)C1(C)NCCC1=O.Cl. The third kappa shape index (κ3) is 1.74. The lowest BCUT2D eigenvalue weighted by atomic mass is 9.86. The molecule has 0 amide bonds. The molecule has 1 atom stereocenters. The molecule has 0 radical (unpaired) electrons. The molecule has 3 heteroatoms. The summed E-state index contributed by atoms with van der Waals surface area (Å²) in [6, 6.07) is 0. The number of nitrogens with one attached hydrogen (secondary N) is 1. The van der Waals surface area contributed by atoms with Crippen LogP contribution >= 0.6 is 12.4 Å². The van der Waals surface area contributed by atoms with E-state index in [9.17, 15) is 4.79 Å². The Kier molecular flexibility index (Phi) is 3.52. The number of Topliss-reactive ketones (excluding diaryl/α,β-unsaturated/α-hetero) is 1. The molecule has 1 saturated heterocycles. The summed E-state index contributed by atoms with van der Waals surface area (Å²) in [4.78, 5) is 11.3. The van der Waals surface area contributed by atoms with Crippen LogP contribution in [-0.4, -0.2) is 17.9 Å². The summed E-state index contributed by atoms with van der Waals surface area (Å²) in [6.07, 6.45) is 0.703.